The molecule has 1 spiro atoms. The van der Waals surface area contributed by atoms with Crippen molar-refractivity contribution in [2.75, 3.05) is 39.9 Å². The van der Waals surface area contributed by atoms with Crippen LogP contribution in [0.15, 0.2) is 18.3 Å². The highest BCUT2D eigenvalue weighted by atomic mass is 19.3. The van der Waals surface area contributed by atoms with Crippen LogP contribution in [0.5, 0.6) is 0 Å². The third-order valence-electron chi connectivity index (χ3n) is 5.24. The van der Waals surface area contributed by atoms with Crippen LogP contribution < -0.4 is 0 Å². The lowest BCUT2D eigenvalue weighted by Gasteiger charge is -2.42. The third kappa shape index (κ3) is 3.82. The number of pyridine rings is 1. The van der Waals surface area contributed by atoms with Gasteiger partial charge in [-0.2, -0.15) is 0 Å². The van der Waals surface area contributed by atoms with Gasteiger partial charge in [0, 0.05) is 45.9 Å². The quantitative estimate of drug-likeness (QED) is 0.813. The van der Waals surface area contributed by atoms with E-state index in [-0.39, 0.29) is 18.9 Å². The van der Waals surface area contributed by atoms with Gasteiger partial charge in [0.25, 0.3) is 5.92 Å². The standard InChI is InChI=1S/C18H25F2N3O2/c1-14-4-3-6-21-15(14)10-22-12-17(11-18(19,20)13-22)5-7-23(16(17)24)8-9-25-2/h3-4,6H,5,7-13H2,1-2H3/t17-/m0/s1. The lowest BCUT2D eigenvalue weighted by molar-refractivity contribution is -0.155. The van der Waals surface area contributed by atoms with Crippen molar-refractivity contribution in [3.05, 3.63) is 29.6 Å². The molecule has 0 radical (unpaired) electrons. The van der Waals surface area contributed by atoms with Crippen molar-refractivity contribution in [3.8, 4) is 0 Å². The van der Waals surface area contributed by atoms with Crippen molar-refractivity contribution in [1.29, 1.82) is 0 Å². The molecule has 2 saturated heterocycles. The fraction of sp³-hybridized carbons (Fsp3) is 0.667. The molecule has 2 fully saturated rings. The molecule has 0 N–H and O–H groups in total. The van der Waals surface area contributed by atoms with Gasteiger partial charge < -0.3 is 9.64 Å². The van der Waals surface area contributed by atoms with Gasteiger partial charge in [0.2, 0.25) is 5.91 Å². The van der Waals surface area contributed by atoms with Crippen LogP contribution in [0.25, 0.3) is 0 Å². The van der Waals surface area contributed by atoms with Crippen LogP contribution in [-0.2, 0) is 16.1 Å². The smallest absolute Gasteiger partial charge is 0.261 e. The maximum Gasteiger partial charge on any atom is 0.261 e. The Balaban J connectivity index is 1.77. The van der Waals surface area contributed by atoms with Gasteiger partial charge in [0.05, 0.1) is 24.3 Å². The highest BCUT2D eigenvalue weighted by Gasteiger charge is 2.56. The topological polar surface area (TPSA) is 45.7 Å². The van der Waals surface area contributed by atoms with Crippen molar-refractivity contribution in [2.24, 2.45) is 5.41 Å². The fourth-order valence-electron chi connectivity index (χ4n) is 4.04. The molecule has 2 aliphatic rings. The van der Waals surface area contributed by atoms with Crippen LogP contribution in [0.2, 0.25) is 0 Å². The number of hydrogen-bond acceptors (Lipinski definition) is 4. The Labute approximate surface area is 147 Å². The van der Waals surface area contributed by atoms with E-state index in [0.717, 1.165) is 11.3 Å². The maximum absolute atomic E-state index is 14.4. The van der Waals surface area contributed by atoms with Crippen molar-refractivity contribution in [3.63, 3.8) is 0 Å². The largest absolute Gasteiger partial charge is 0.383 e. The molecule has 2 aliphatic heterocycles. The van der Waals surface area contributed by atoms with Crippen molar-refractivity contribution in [2.45, 2.75) is 32.2 Å². The number of amides is 1. The van der Waals surface area contributed by atoms with Gasteiger partial charge in [0.15, 0.2) is 0 Å². The lowest BCUT2D eigenvalue weighted by atomic mass is 9.77. The highest BCUT2D eigenvalue weighted by molar-refractivity contribution is 5.85. The van der Waals surface area contributed by atoms with Crippen molar-refractivity contribution < 1.29 is 18.3 Å². The number of carbonyl (C=O) groups excluding carboxylic acids is 1. The monoisotopic (exact) mass is 353 g/mol. The SMILES string of the molecule is COCCN1CC[C@]2(CN(Cc3ncccc3C)CC(F)(F)C2)C1=O. The normalized spacial score (nSPS) is 26.6. The molecule has 0 bridgehead atoms. The van der Waals surface area contributed by atoms with Crippen LogP contribution >= 0.6 is 0 Å². The Hall–Kier alpha value is -1.60. The summed E-state index contributed by atoms with van der Waals surface area (Å²) in [6, 6.07) is 3.76. The average molecular weight is 353 g/mol. The molecule has 138 valence electrons. The van der Waals surface area contributed by atoms with Gasteiger partial charge in [-0.1, -0.05) is 6.07 Å². The van der Waals surface area contributed by atoms with E-state index >= 15 is 0 Å². The molecule has 0 aromatic carbocycles. The minimum Gasteiger partial charge on any atom is -0.383 e. The predicted molar refractivity (Wildman–Crippen MR) is 89.3 cm³/mol. The lowest BCUT2D eigenvalue weighted by Crippen LogP contribution is -2.55. The van der Waals surface area contributed by atoms with E-state index in [1.165, 1.54) is 0 Å². The van der Waals surface area contributed by atoms with Crippen LogP contribution in [-0.4, -0.2) is 66.5 Å². The second-order valence-electron chi connectivity index (χ2n) is 7.26. The van der Waals surface area contributed by atoms with E-state index in [4.69, 9.17) is 4.74 Å². The molecule has 25 heavy (non-hydrogen) atoms. The number of likely N-dealkylation sites (tertiary alicyclic amines) is 2. The van der Waals surface area contributed by atoms with Gasteiger partial charge in [-0.05, 0) is 25.0 Å². The number of aryl methyl sites for hydroxylation is 1. The summed E-state index contributed by atoms with van der Waals surface area (Å²) in [6.07, 6.45) is 1.79. The number of alkyl halides is 2. The van der Waals surface area contributed by atoms with Crippen LogP contribution in [0.1, 0.15) is 24.1 Å². The Morgan fingerprint density at radius 1 is 1.36 bits per heavy atom. The van der Waals surface area contributed by atoms with E-state index in [9.17, 15) is 13.6 Å². The number of methoxy groups -OCH3 is 1. The Kier molecular flexibility index (Phi) is 5.06. The number of rotatable bonds is 5. The first-order valence-corrected chi connectivity index (χ1v) is 8.64. The third-order valence-corrected chi connectivity index (χ3v) is 5.24. The number of nitrogens with zero attached hydrogens (tertiary/aromatic N) is 3. The van der Waals surface area contributed by atoms with E-state index in [0.29, 0.717) is 39.2 Å². The minimum absolute atomic E-state index is 0.160. The number of aromatic nitrogens is 1. The Morgan fingerprint density at radius 2 is 2.16 bits per heavy atom. The summed E-state index contributed by atoms with van der Waals surface area (Å²) in [7, 11) is 1.57. The molecule has 1 atom stereocenters. The Morgan fingerprint density at radius 3 is 2.88 bits per heavy atom. The van der Waals surface area contributed by atoms with E-state index < -0.39 is 11.3 Å². The first-order valence-electron chi connectivity index (χ1n) is 8.64. The Bertz CT molecular complexity index is 641. The molecule has 0 unspecified atom stereocenters. The van der Waals surface area contributed by atoms with Gasteiger partial charge in [-0.25, -0.2) is 8.78 Å². The average Bonchev–Trinajstić information content (AvgIpc) is 2.82. The van der Waals surface area contributed by atoms with Gasteiger partial charge in [-0.3, -0.25) is 14.7 Å². The van der Waals surface area contributed by atoms with E-state index in [1.807, 2.05) is 19.1 Å². The molecule has 5 nitrogen and oxygen atoms in total. The first kappa shape index (κ1) is 18.2. The van der Waals surface area contributed by atoms with Crippen LogP contribution in [0, 0.1) is 12.3 Å². The summed E-state index contributed by atoms with van der Waals surface area (Å²) in [4.78, 5) is 20.5. The molecule has 1 aromatic heterocycles. The summed E-state index contributed by atoms with van der Waals surface area (Å²) in [5.41, 5.74) is 0.778. The maximum atomic E-state index is 14.4. The molecule has 7 heteroatoms. The molecular weight excluding hydrogens is 328 g/mol. The minimum atomic E-state index is -2.87. The second kappa shape index (κ2) is 6.96. The molecule has 0 saturated carbocycles. The summed E-state index contributed by atoms with van der Waals surface area (Å²) in [5.74, 6) is -3.03. The van der Waals surface area contributed by atoms with E-state index in [1.54, 1.807) is 23.1 Å². The molecule has 1 aromatic rings. The summed E-state index contributed by atoms with van der Waals surface area (Å²) >= 11 is 0. The zero-order chi connectivity index (χ0) is 18.1. The number of carbonyl (C=O) groups is 1. The van der Waals surface area contributed by atoms with Gasteiger partial charge in [-0.15, -0.1) is 0 Å². The number of hydrogen-bond donors (Lipinski definition) is 0. The van der Waals surface area contributed by atoms with Crippen molar-refractivity contribution >= 4 is 5.91 Å². The van der Waals surface area contributed by atoms with Crippen LogP contribution in [0.3, 0.4) is 0 Å². The van der Waals surface area contributed by atoms with Gasteiger partial charge >= 0.3 is 0 Å². The predicted octanol–water partition coefficient (Wildman–Crippen LogP) is 2.10. The first-order chi connectivity index (χ1) is 11.9. The molecule has 0 aliphatic carbocycles. The number of piperidine rings is 1. The second-order valence-corrected chi connectivity index (χ2v) is 7.26. The number of halogens is 2. The molecule has 3 rings (SSSR count). The molecule has 1 amide bonds. The number of ether oxygens (including phenoxy) is 1. The fourth-order valence-corrected chi connectivity index (χ4v) is 4.04. The van der Waals surface area contributed by atoms with Crippen molar-refractivity contribution in [1.82, 2.24) is 14.8 Å². The molecular formula is C18H25F2N3O2. The van der Waals surface area contributed by atoms with Gasteiger partial charge in [0.1, 0.15) is 0 Å². The molecule has 3 heterocycles. The zero-order valence-corrected chi connectivity index (χ0v) is 14.8. The summed E-state index contributed by atoms with van der Waals surface area (Å²) in [5, 5.41) is 0. The summed E-state index contributed by atoms with van der Waals surface area (Å²) < 4.78 is 33.9. The summed E-state index contributed by atoms with van der Waals surface area (Å²) in [6.45, 7) is 3.71. The van der Waals surface area contributed by atoms with E-state index in [2.05, 4.69) is 4.98 Å². The zero-order valence-electron chi connectivity index (χ0n) is 14.8. The highest BCUT2D eigenvalue weighted by Crippen LogP contribution is 2.45. The van der Waals surface area contributed by atoms with Crippen LogP contribution in [0.4, 0.5) is 8.78 Å².